The zero-order valence-corrected chi connectivity index (χ0v) is 11.0. The third-order valence-electron chi connectivity index (χ3n) is 3.01. The number of Topliss-reactive ketones (excluding diaryl/α,β-unsaturated/α-hetero) is 1. The summed E-state index contributed by atoms with van der Waals surface area (Å²) in [6, 6.07) is 5.29. The lowest BCUT2D eigenvalue weighted by Gasteiger charge is -2.01. The van der Waals surface area contributed by atoms with Crippen molar-refractivity contribution in [3.8, 4) is 0 Å². The number of halogens is 1. The average molecular weight is 267 g/mol. The molecule has 96 valence electrons. The van der Waals surface area contributed by atoms with Crippen molar-refractivity contribution in [3.63, 3.8) is 0 Å². The molecule has 0 aliphatic rings. The molecule has 0 amide bonds. The van der Waals surface area contributed by atoms with E-state index in [9.17, 15) is 9.59 Å². The van der Waals surface area contributed by atoms with E-state index in [1.165, 1.54) is 4.57 Å². The van der Waals surface area contributed by atoms with Crippen LogP contribution in [0.25, 0.3) is 11.0 Å². The number of carbonyl (C=O) groups is 1. The van der Waals surface area contributed by atoms with E-state index >= 15 is 0 Å². The summed E-state index contributed by atoms with van der Waals surface area (Å²) in [6.45, 7) is 0. The van der Waals surface area contributed by atoms with Gasteiger partial charge in [0.2, 0.25) is 0 Å². The second kappa shape index (κ2) is 5.40. The fourth-order valence-electron chi connectivity index (χ4n) is 1.93. The molecule has 0 atom stereocenters. The zero-order chi connectivity index (χ0) is 13.1. The molecule has 1 aromatic carbocycles. The Morgan fingerprint density at radius 2 is 2.17 bits per heavy atom. The molecule has 0 aliphatic heterocycles. The van der Waals surface area contributed by atoms with Crippen LogP contribution in [0.15, 0.2) is 23.0 Å². The van der Waals surface area contributed by atoms with Gasteiger partial charge >= 0.3 is 5.69 Å². The summed E-state index contributed by atoms with van der Waals surface area (Å²) in [6.07, 6.45) is 2.14. The standard InChI is InChI=1S/C13H15ClN2O2/c1-16-11-6-5-9(8-10(11)15-13(16)18)12(17)4-2-3-7-14/h5-6,8H,2-4,7H2,1H3,(H,15,18). The summed E-state index contributed by atoms with van der Waals surface area (Å²) >= 11 is 5.58. The Morgan fingerprint density at radius 3 is 2.89 bits per heavy atom. The minimum absolute atomic E-state index is 0.0896. The first kappa shape index (κ1) is 12.9. The van der Waals surface area contributed by atoms with E-state index in [1.54, 1.807) is 25.2 Å². The van der Waals surface area contributed by atoms with Gasteiger partial charge in [-0.2, -0.15) is 0 Å². The number of nitrogens with one attached hydrogen (secondary N) is 1. The molecular weight excluding hydrogens is 252 g/mol. The monoisotopic (exact) mass is 266 g/mol. The minimum Gasteiger partial charge on any atom is -0.306 e. The molecule has 18 heavy (non-hydrogen) atoms. The highest BCUT2D eigenvalue weighted by Crippen LogP contribution is 2.14. The number of aromatic amines is 1. The number of fused-ring (bicyclic) bond motifs is 1. The maximum Gasteiger partial charge on any atom is 0.326 e. The second-order valence-corrected chi connectivity index (χ2v) is 4.67. The lowest BCUT2D eigenvalue weighted by atomic mass is 10.1. The van der Waals surface area contributed by atoms with Gasteiger partial charge in [0, 0.05) is 24.9 Å². The number of unbranched alkanes of at least 4 members (excludes halogenated alkanes) is 1. The number of ketones is 1. The van der Waals surface area contributed by atoms with Crippen LogP contribution in [0.5, 0.6) is 0 Å². The number of H-pyrrole nitrogens is 1. The molecule has 0 fully saturated rings. The minimum atomic E-state index is -0.170. The average Bonchev–Trinajstić information content (AvgIpc) is 2.65. The summed E-state index contributed by atoms with van der Waals surface area (Å²) in [5.74, 6) is 0.671. The molecule has 4 nitrogen and oxygen atoms in total. The molecule has 0 unspecified atom stereocenters. The van der Waals surface area contributed by atoms with Crippen LogP contribution in [0.1, 0.15) is 29.6 Å². The Morgan fingerprint density at radius 1 is 1.39 bits per heavy atom. The summed E-state index contributed by atoms with van der Waals surface area (Å²) in [4.78, 5) is 26.1. The lowest BCUT2D eigenvalue weighted by Crippen LogP contribution is -2.11. The first-order valence-corrected chi connectivity index (χ1v) is 6.45. The van der Waals surface area contributed by atoms with Crippen molar-refractivity contribution >= 4 is 28.4 Å². The van der Waals surface area contributed by atoms with Gasteiger partial charge in [-0.3, -0.25) is 9.36 Å². The largest absolute Gasteiger partial charge is 0.326 e. The predicted octanol–water partition coefficient (Wildman–Crippen LogP) is 2.46. The van der Waals surface area contributed by atoms with Crippen molar-refractivity contribution in [1.82, 2.24) is 9.55 Å². The topological polar surface area (TPSA) is 54.9 Å². The highest BCUT2D eigenvalue weighted by molar-refractivity contribution is 6.17. The van der Waals surface area contributed by atoms with Gasteiger partial charge in [-0.1, -0.05) is 0 Å². The molecule has 0 saturated heterocycles. The molecule has 1 aromatic heterocycles. The summed E-state index contributed by atoms with van der Waals surface area (Å²) in [7, 11) is 1.70. The van der Waals surface area contributed by atoms with Gasteiger partial charge in [0.15, 0.2) is 5.78 Å². The number of imidazole rings is 1. The third-order valence-corrected chi connectivity index (χ3v) is 3.28. The van der Waals surface area contributed by atoms with Gasteiger partial charge in [0.25, 0.3) is 0 Å². The first-order chi connectivity index (χ1) is 8.63. The summed E-state index contributed by atoms with van der Waals surface area (Å²) in [5.41, 5.74) is 1.97. The smallest absolute Gasteiger partial charge is 0.306 e. The summed E-state index contributed by atoms with van der Waals surface area (Å²) in [5, 5.41) is 0. The lowest BCUT2D eigenvalue weighted by molar-refractivity contribution is 0.0980. The highest BCUT2D eigenvalue weighted by atomic mass is 35.5. The number of hydrogen-bond donors (Lipinski definition) is 1. The van der Waals surface area contributed by atoms with Gasteiger partial charge in [0.05, 0.1) is 11.0 Å². The molecule has 0 saturated carbocycles. The van der Waals surface area contributed by atoms with Crippen molar-refractivity contribution in [2.45, 2.75) is 19.3 Å². The van der Waals surface area contributed by atoms with Crippen LogP contribution in [-0.4, -0.2) is 21.2 Å². The molecule has 0 bridgehead atoms. The van der Waals surface area contributed by atoms with E-state index in [0.717, 1.165) is 18.4 Å². The molecule has 0 radical (unpaired) electrons. The fourth-order valence-corrected chi connectivity index (χ4v) is 2.12. The van der Waals surface area contributed by atoms with Crippen LogP contribution in [0.2, 0.25) is 0 Å². The number of aromatic nitrogens is 2. The molecule has 1 N–H and O–H groups in total. The Balaban J connectivity index is 2.24. The van der Waals surface area contributed by atoms with Crippen LogP contribution < -0.4 is 5.69 Å². The molecule has 2 rings (SSSR count). The molecular formula is C13H15ClN2O2. The van der Waals surface area contributed by atoms with Crippen LogP contribution in [0.3, 0.4) is 0 Å². The van der Waals surface area contributed by atoms with Gasteiger partial charge in [-0.25, -0.2) is 4.79 Å². The van der Waals surface area contributed by atoms with E-state index in [-0.39, 0.29) is 11.5 Å². The van der Waals surface area contributed by atoms with Crippen molar-refractivity contribution in [1.29, 1.82) is 0 Å². The number of carbonyl (C=O) groups excluding carboxylic acids is 1. The van der Waals surface area contributed by atoms with E-state index in [1.807, 2.05) is 0 Å². The van der Waals surface area contributed by atoms with E-state index in [4.69, 9.17) is 11.6 Å². The zero-order valence-electron chi connectivity index (χ0n) is 10.2. The van der Waals surface area contributed by atoms with Gasteiger partial charge < -0.3 is 4.98 Å². The van der Waals surface area contributed by atoms with E-state index in [0.29, 0.717) is 23.4 Å². The highest BCUT2D eigenvalue weighted by Gasteiger charge is 2.09. The first-order valence-electron chi connectivity index (χ1n) is 5.91. The summed E-state index contributed by atoms with van der Waals surface area (Å²) < 4.78 is 1.52. The number of benzene rings is 1. The maximum absolute atomic E-state index is 11.9. The number of aryl methyl sites for hydroxylation is 1. The second-order valence-electron chi connectivity index (χ2n) is 4.29. The Kier molecular flexibility index (Phi) is 3.87. The SMILES string of the molecule is Cn1c(=O)[nH]c2cc(C(=O)CCCCCl)ccc21. The van der Waals surface area contributed by atoms with Crippen molar-refractivity contribution < 1.29 is 4.79 Å². The van der Waals surface area contributed by atoms with Crippen LogP contribution in [-0.2, 0) is 7.05 Å². The molecule has 0 aliphatic carbocycles. The van der Waals surface area contributed by atoms with Gasteiger partial charge in [-0.15, -0.1) is 11.6 Å². The normalized spacial score (nSPS) is 11.0. The Labute approximate surface area is 110 Å². The molecule has 5 heteroatoms. The Bertz CT molecular complexity index is 627. The number of hydrogen-bond acceptors (Lipinski definition) is 2. The number of alkyl halides is 1. The van der Waals surface area contributed by atoms with E-state index in [2.05, 4.69) is 4.98 Å². The fraction of sp³-hybridized carbons (Fsp3) is 0.385. The van der Waals surface area contributed by atoms with Crippen LogP contribution in [0, 0.1) is 0 Å². The van der Waals surface area contributed by atoms with Crippen molar-refractivity contribution in [2.75, 3.05) is 5.88 Å². The molecule has 2 aromatic rings. The van der Waals surface area contributed by atoms with Crippen molar-refractivity contribution in [2.24, 2.45) is 7.05 Å². The third kappa shape index (κ3) is 2.48. The quantitative estimate of drug-likeness (QED) is 0.513. The van der Waals surface area contributed by atoms with Gasteiger partial charge in [-0.05, 0) is 31.0 Å². The van der Waals surface area contributed by atoms with Crippen molar-refractivity contribution in [3.05, 3.63) is 34.2 Å². The molecule has 1 heterocycles. The molecule has 0 spiro atoms. The van der Waals surface area contributed by atoms with Crippen LogP contribution >= 0.6 is 11.6 Å². The van der Waals surface area contributed by atoms with Crippen LogP contribution in [0.4, 0.5) is 0 Å². The Hall–Kier alpha value is -1.55. The number of rotatable bonds is 5. The van der Waals surface area contributed by atoms with E-state index < -0.39 is 0 Å². The maximum atomic E-state index is 11.9. The predicted molar refractivity (Wildman–Crippen MR) is 72.4 cm³/mol. The number of nitrogens with zero attached hydrogens (tertiary/aromatic N) is 1. The van der Waals surface area contributed by atoms with Gasteiger partial charge in [0.1, 0.15) is 0 Å².